The Hall–Kier alpha value is -3.52. The second-order valence-electron chi connectivity index (χ2n) is 7.98. The van der Waals surface area contributed by atoms with Crippen molar-refractivity contribution in [1.82, 2.24) is 15.5 Å². The van der Waals surface area contributed by atoms with Gasteiger partial charge >= 0.3 is 12.0 Å². The fourth-order valence-electron chi connectivity index (χ4n) is 4.36. The molecule has 1 fully saturated rings. The number of nitrogens with one attached hydrogen (secondary N) is 2. The van der Waals surface area contributed by atoms with E-state index in [2.05, 4.69) is 32.6 Å². The number of para-hydroxylation sites is 2. The minimum Gasteiger partial charge on any atom is -0.494 e. The standard InChI is InChI=1S/C25H30N4O4/c1-3-33-21-12-8-7-11-19(21)23-22(24(30)32-2)20(26-25(31)27-23)17-28-13-15-29(16-14-28)18-9-5-4-6-10-18/h4-12,23H,3,13-17H2,1-2H3,(H2,26,27,31). The van der Waals surface area contributed by atoms with Gasteiger partial charge in [-0.1, -0.05) is 36.4 Å². The van der Waals surface area contributed by atoms with E-state index in [-0.39, 0.29) is 6.03 Å². The van der Waals surface area contributed by atoms with E-state index in [1.165, 1.54) is 12.8 Å². The van der Waals surface area contributed by atoms with Crippen molar-refractivity contribution in [2.45, 2.75) is 13.0 Å². The maximum atomic E-state index is 12.9. The van der Waals surface area contributed by atoms with Crippen molar-refractivity contribution >= 4 is 17.7 Å². The average Bonchev–Trinajstić information content (AvgIpc) is 2.85. The molecule has 33 heavy (non-hydrogen) atoms. The number of benzene rings is 2. The van der Waals surface area contributed by atoms with Crippen LogP contribution in [0.15, 0.2) is 65.9 Å². The first kappa shape index (κ1) is 22.7. The molecule has 2 aromatic rings. The lowest BCUT2D eigenvalue weighted by Gasteiger charge is -2.38. The summed E-state index contributed by atoms with van der Waals surface area (Å²) in [4.78, 5) is 30.0. The number of rotatable bonds is 7. The zero-order valence-electron chi connectivity index (χ0n) is 19.0. The molecule has 1 atom stereocenters. The molecule has 174 valence electrons. The van der Waals surface area contributed by atoms with Crippen molar-refractivity contribution in [2.75, 3.05) is 51.3 Å². The lowest BCUT2D eigenvalue weighted by Crippen LogP contribution is -2.51. The highest BCUT2D eigenvalue weighted by Crippen LogP contribution is 2.34. The predicted octanol–water partition coefficient (Wildman–Crippen LogP) is 2.69. The van der Waals surface area contributed by atoms with Crippen LogP contribution in [0.1, 0.15) is 18.5 Å². The van der Waals surface area contributed by atoms with Gasteiger partial charge in [0.15, 0.2) is 0 Å². The maximum Gasteiger partial charge on any atom is 0.338 e. The third-order valence-corrected chi connectivity index (χ3v) is 5.96. The van der Waals surface area contributed by atoms with Crippen molar-refractivity contribution < 1.29 is 19.1 Å². The number of esters is 1. The summed E-state index contributed by atoms with van der Waals surface area (Å²) in [5.41, 5.74) is 2.89. The molecule has 0 aliphatic carbocycles. The van der Waals surface area contributed by atoms with Crippen molar-refractivity contribution in [1.29, 1.82) is 0 Å². The Morgan fingerprint density at radius 2 is 1.73 bits per heavy atom. The number of urea groups is 1. The van der Waals surface area contributed by atoms with Gasteiger partial charge in [0, 0.05) is 49.7 Å². The highest BCUT2D eigenvalue weighted by atomic mass is 16.5. The number of amides is 2. The van der Waals surface area contributed by atoms with Crippen LogP contribution in [0, 0.1) is 0 Å². The Bertz CT molecular complexity index is 1020. The number of anilines is 1. The van der Waals surface area contributed by atoms with Crippen molar-refractivity contribution in [3.05, 3.63) is 71.4 Å². The van der Waals surface area contributed by atoms with E-state index in [4.69, 9.17) is 9.47 Å². The molecule has 2 heterocycles. The quantitative estimate of drug-likeness (QED) is 0.631. The highest BCUT2D eigenvalue weighted by molar-refractivity contribution is 5.95. The van der Waals surface area contributed by atoms with Crippen LogP contribution >= 0.6 is 0 Å². The number of hydrogen-bond acceptors (Lipinski definition) is 6. The second-order valence-corrected chi connectivity index (χ2v) is 7.98. The van der Waals surface area contributed by atoms with Crippen LogP contribution in [-0.4, -0.2) is 63.3 Å². The number of ether oxygens (including phenoxy) is 2. The average molecular weight is 451 g/mol. The van der Waals surface area contributed by atoms with Gasteiger partial charge in [0.05, 0.1) is 25.3 Å². The van der Waals surface area contributed by atoms with Gasteiger partial charge in [-0.2, -0.15) is 0 Å². The lowest BCUT2D eigenvalue weighted by molar-refractivity contribution is -0.136. The zero-order chi connectivity index (χ0) is 23.2. The molecular weight excluding hydrogens is 420 g/mol. The first-order valence-corrected chi connectivity index (χ1v) is 11.2. The topological polar surface area (TPSA) is 83.1 Å². The summed E-state index contributed by atoms with van der Waals surface area (Å²) >= 11 is 0. The van der Waals surface area contributed by atoms with Crippen LogP contribution in [0.4, 0.5) is 10.5 Å². The summed E-state index contributed by atoms with van der Waals surface area (Å²) < 4.78 is 10.9. The van der Waals surface area contributed by atoms with Gasteiger partial charge in [0.1, 0.15) is 5.75 Å². The van der Waals surface area contributed by atoms with E-state index in [0.717, 1.165) is 31.7 Å². The molecule has 4 rings (SSSR count). The molecule has 0 saturated carbocycles. The molecule has 2 aromatic carbocycles. The number of carbonyl (C=O) groups is 2. The Kier molecular flexibility index (Phi) is 7.14. The smallest absolute Gasteiger partial charge is 0.338 e. The molecule has 8 heteroatoms. The number of piperazine rings is 1. The molecule has 2 N–H and O–H groups in total. The van der Waals surface area contributed by atoms with Crippen LogP contribution in [-0.2, 0) is 9.53 Å². The van der Waals surface area contributed by atoms with E-state index in [9.17, 15) is 9.59 Å². The summed E-state index contributed by atoms with van der Waals surface area (Å²) in [5, 5.41) is 5.73. The fraction of sp³-hybridized carbons (Fsp3) is 0.360. The van der Waals surface area contributed by atoms with E-state index in [1.807, 2.05) is 49.4 Å². The Morgan fingerprint density at radius 3 is 2.42 bits per heavy atom. The fourth-order valence-corrected chi connectivity index (χ4v) is 4.36. The molecule has 2 aliphatic rings. The van der Waals surface area contributed by atoms with Gasteiger partial charge in [-0.15, -0.1) is 0 Å². The van der Waals surface area contributed by atoms with Crippen LogP contribution in [0.2, 0.25) is 0 Å². The molecule has 0 spiro atoms. The Labute approximate surface area is 194 Å². The zero-order valence-corrected chi connectivity index (χ0v) is 19.0. The van der Waals surface area contributed by atoms with Gasteiger partial charge in [0.2, 0.25) is 0 Å². The van der Waals surface area contributed by atoms with Gasteiger partial charge in [-0.3, -0.25) is 4.90 Å². The summed E-state index contributed by atoms with van der Waals surface area (Å²) in [5.74, 6) is 0.154. The normalized spacial score (nSPS) is 19.0. The molecule has 0 bridgehead atoms. The number of carbonyl (C=O) groups excluding carboxylic acids is 2. The Morgan fingerprint density at radius 1 is 1.03 bits per heavy atom. The molecule has 2 amide bonds. The molecule has 0 radical (unpaired) electrons. The van der Waals surface area contributed by atoms with Crippen LogP contribution in [0.5, 0.6) is 5.75 Å². The van der Waals surface area contributed by atoms with Crippen molar-refractivity contribution in [3.63, 3.8) is 0 Å². The first-order chi connectivity index (χ1) is 16.1. The lowest BCUT2D eigenvalue weighted by atomic mass is 9.94. The second kappa shape index (κ2) is 10.4. The minimum atomic E-state index is -0.658. The van der Waals surface area contributed by atoms with E-state index >= 15 is 0 Å². The van der Waals surface area contributed by atoms with Gasteiger partial charge in [-0.25, -0.2) is 9.59 Å². The minimum absolute atomic E-state index is 0.350. The maximum absolute atomic E-state index is 12.9. The molecule has 2 aliphatic heterocycles. The summed E-state index contributed by atoms with van der Waals surface area (Å²) in [6.07, 6.45) is 0. The third kappa shape index (κ3) is 5.12. The molecule has 0 aromatic heterocycles. The van der Waals surface area contributed by atoms with Gasteiger partial charge in [-0.05, 0) is 25.1 Å². The van der Waals surface area contributed by atoms with Crippen LogP contribution in [0.3, 0.4) is 0 Å². The molecule has 1 unspecified atom stereocenters. The number of nitrogens with zero attached hydrogens (tertiary/aromatic N) is 2. The largest absolute Gasteiger partial charge is 0.494 e. The van der Waals surface area contributed by atoms with Crippen LogP contribution < -0.4 is 20.3 Å². The summed E-state index contributed by atoms with van der Waals surface area (Å²) in [6.45, 7) is 6.20. The molecule has 8 nitrogen and oxygen atoms in total. The van der Waals surface area contributed by atoms with Crippen LogP contribution in [0.25, 0.3) is 0 Å². The van der Waals surface area contributed by atoms with Gasteiger partial charge < -0.3 is 25.0 Å². The predicted molar refractivity (Wildman–Crippen MR) is 126 cm³/mol. The third-order valence-electron chi connectivity index (χ3n) is 5.96. The molecule has 1 saturated heterocycles. The molecular formula is C25H30N4O4. The van der Waals surface area contributed by atoms with E-state index in [1.54, 1.807) is 0 Å². The van der Waals surface area contributed by atoms with Crippen molar-refractivity contribution in [2.24, 2.45) is 0 Å². The summed E-state index contributed by atoms with van der Waals surface area (Å²) in [7, 11) is 1.35. The SMILES string of the molecule is CCOc1ccccc1C1NC(=O)NC(CN2CCN(c3ccccc3)CC2)=C1C(=O)OC. The Balaban J connectivity index is 1.58. The van der Waals surface area contributed by atoms with E-state index in [0.29, 0.717) is 30.2 Å². The van der Waals surface area contributed by atoms with Crippen molar-refractivity contribution in [3.8, 4) is 5.75 Å². The number of hydrogen-bond donors (Lipinski definition) is 2. The highest BCUT2D eigenvalue weighted by Gasteiger charge is 2.35. The summed E-state index contributed by atoms with van der Waals surface area (Å²) in [6, 6.07) is 16.7. The first-order valence-electron chi connectivity index (χ1n) is 11.2. The van der Waals surface area contributed by atoms with Gasteiger partial charge in [0.25, 0.3) is 0 Å². The monoisotopic (exact) mass is 450 g/mol. The van der Waals surface area contributed by atoms with E-state index < -0.39 is 12.0 Å². The number of methoxy groups -OCH3 is 1.